The van der Waals surface area contributed by atoms with E-state index in [1.807, 2.05) is 6.92 Å². The summed E-state index contributed by atoms with van der Waals surface area (Å²) in [6.07, 6.45) is 0.485. The Morgan fingerprint density at radius 3 is 2.41 bits per heavy atom. The first-order chi connectivity index (χ1) is 10.4. The second-order valence-electron chi connectivity index (χ2n) is 4.33. The molecule has 1 atom stereocenters. The summed E-state index contributed by atoms with van der Waals surface area (Å²) in [5.41, 5.74) is -0.0411. The molecule has 0 aliphatic heterocycles. The second kappa shape index (κ2) is 8.57. The molecule has 1 N–H and O–H groups in total. The molecule has 0 bridgehead atoms. The third kappa shape index (κ3) is 4.59. The van der Waals surface area contributed by atoms with Gasteiger partial charge in [-0.15, -0.1) is 0 Å². The predicted octanol–water partition coefficient (Wildman–Crippen LogP) is 1.69. The molecular weight excluding hydrogens is 308 g/mol. The molecule has 0 saturated heterocycles. The van der Waals surface area contributed by atoms with Gasteiger partial charge in [0.05, 0.1) is 13.2 Å². The van der Waals surface area contributed by atoms with Crippen molar-refractivity contribution in [2.24, 2.45) is 0 Å². The van der Waals surface area contributed by atoms with Crippen LogP contribution in [0.5, 0.6) is 0 Å². The maximum atomic E-state index is 12.0. The van der Waals surface area contributed by atoms with Crippen molar-refractivity contribution >= 4 is 23.7 Å². The van der Waals surface area contributed by atoms with Crippen molar-refractivity contribution in [3.63, 3.8) is 0 Å². The van der Waals surface area contributed by atoms with Crippen molar-refractivity contribution in [1.29, 1.82) is 0 Å². The summed E-state index contributed by atoms with van der Waals surface area (Å²) >= 11 is 1.04. The summed E-state index contributed by atoms with van der Waals surface area (Å²) in [6, 6.07) is 0. The molecule has 0 fully saturated rings. The number of aromatic nitrogens is 2. The lowest BCUT2D eigenvalue weighted by molar-refractivity contribution is -0.142. The zero-order valence-electron chi connectivity index (χ0n) is 13.1. The smallest absolute Gasteiger partial charge is 0.346 e. The molecule has 0 aromatic carbocycles. The highest BCUT2D eigenvalue weighted by molar-refractivity contribution is 8.00. The first kappa shape index (κ1) is 18.2. The van der Waals surface area contributed by atoms with E-state index in [1.54, 1.807) is 20.8 Å². The van der Waals surface area contributed by atoms with E-state index in [4.69, 9.17) is 9.47 Å². The van der Waals surface area contributed by atoms with Gasteiger partial charge in [0.1, 0.15) is 15.8 Å². The predicted molar refractivity (Wildman–Crippen MR) is 82.1 cm³/mol. The molecule has 1 aromatic rings. The van der Waals surface area contributed by atoms with E-state index < -0.39 is 22.9 Å². The van der Waals surface area contributed by atoms with Crippen molar-refractivity contribution in [3.8, 4) is 0 Å². The van der Waals surface area contributed by atoms with Crippen LogP contribution in [0.2, 0.25) is 0 Å². The van der Waals surface area contributed by atoms with Crippen LogP contribution < -0.4 is 5.69 Å². The Hall–Kier alpha value is -1.83. The molecule has 0 saturated carbocycles. The van der Waals surface area contributed by atoms with Gasteiger partial charge in [0.25, 0.3) is 0 Å². The van der Waals surface area contributed by atoms with Gasteiger partial charge in [-0.25, -0.2) is 9.59 Å². The zero-order valence-corrected chi connectivity index (χ0v) is 13.9. The molecule has 0 spiro atoms. The average Bonchev–Trinajstić information content (AvgIpc) is 2.44. The first-order valence-electron chi connectivity index (χ1n) is 7.05. The Kier molecular flexibility index (Phi) is 7.10. The Morgan fingerprint density at radius 1 is 1.23 bits per heavy atom. The van der Waals surface area contributed by atoms with Crippen LogP contribution in [0.25, 0.3) is 0 Å². The third-order valence-electron chi connectivity index (χ3n) is 2.74. The van der Waals surface area contributed by atoms with Crippen molar-refractivity contribution in [3.05, 3.63) is 21.7 Å². The number of rotatable bonds is 7. The highest BCUT2D eigenvalue weighted by atomic mass is 32.2. The number of aryl methyl sites for hydroxylation is 1. The topological polar surface area (TPSA) is 98.3 Å². The number of thioether (sulfide) groups is 1. The summed E-state index contributed by atoms with van der Waals surface area (Å²) in [5, 5.41) is -0.360. The lowest BCUT2D eigenvalue weighted by Crippen LogP contribution is -2.23. The number of ether oxygens (including phenoxy) is 2. The fourth-order valence-corrected chi connectivity index (χ4v) is 2.85. The lowest BCUT2D eigenvalue weighted by Gasteiger charge is -2.15. The molecule has 0 amide bonds. The first-order valence-corrected chi connectivity index (χ1v) is 7.93. The van der Waals surface area contributed by atoms with Gasteiger partial charge in [-0.1, -0.05) is 18.7 Å². The van der Waals surface area contributed by atoms with Gasteiger partial charge in [0, 0.05) is 5.69 Å². The lowest BCUT2D eigenvalue weighted by atomic mass is 10.2. The second-order valence-corrected chi connectivity index (χ2v) is 5.53. The van der Waals surface area contributed by atoms with Crippen molar-refractivity contribution in [2.45, 2.75) is 44.4 Å². The van der Waals surface area contributed by atoms with Crippen LogP contribution in [0, 0.1) is 6.92 Å². The minimum atomic E-state index is -0.579. The van der Waals surface area contributed by atoms with Crippen LogP contribution in [-0.2, 0) is 14.3 Å². The molecule has 122 valence electrons. The molecule has 0 unspecified atom stereocenters. The number of hydrogen-bond acceptors (Lipinski definition) is 7. The maximum absolute atomic E-state index is 12.0. The molecule has 0 aliphatic rings. The number of esters is 2. The number of H-pyrrole nitrogens is 1. The van der Waals surface area contributed by atoms with Crippen molar-refractivity contribution in [1.82, 2.24) is 9.97 Å². The number of nitrogens with zero attached hydrogens (tertiary/aromatic N) is 1. The number of carbonyl (C=O) groups is 2. The Labute approximate surface area is 132 Å². The summed E-state index contributed by atoms with van der Waals surface area (Å²) in [4.78, 5) is 41.8. The van der Waals surface area contributed by atoms with E-state index in [9.17, 15) is 14.4 Å². The summed E-state index contributed by atoms with van der Waals surface area (Å²) < 4.78 is 9.97. The largest absolute Gasteiger partial charge is 0.465 e. The van der Waals surface area contributed by atoms with Crippen molar-refractivity contribution < 1.29 is 19.1 Å². The van der Waals surface area contributed by atoms with Gasteiger partial charge < -0.3 is 14.5 Å². The minimum absolute atomic E-state index is 0.175. The van der Waals surface area contributed by atoms with Crippen LogP contribution in [0.4, 0.5) is 0 Å². The number of carbonyl (C=O) groups excluding carboxylic acids is 2. The van der Waals surface area contributed by atoms with Crippen LogP contribution in [0.3, 0.4) is 0 Å². The maximum Gasteiger partial charge on any atom is 0.346 e. The van der Waals surface area contributed by atoms with Gasteiger partial charge in [-0.3, -0.25) is 4.79 Å². The highest BCUT2D eigenvalue weighted by Crippen LogP contribution is 2.28. The van der Waals surface area contributed by atoms with E-state index in [-0.39, 0.29) is 23.8 Å². The average molecular weight is 328 g/mol. The SMILES string of the molecule is CCOC(=O)c1c(S[C@@H](CC)C(=O)OCC)nc(=O)[nH]c1C. The monoisotopic (exact) mass is 328 g/mol. The number of hydrogen-bond donors (Lipinski definition) is 1. The van der Waals surface area contributed by atoms with Crippen LogP contribution in [0.15, 0.2) is 9.82 Å². The number of nitrogens with one attached hydrogen (secondary N) is 1. The Morgan fingerprint density at radius 2 is 1.86 bits per heavy atom. The van der Waals surface area contributed by atoms with E-state index in [0.717, 1.165) is 11.8 Å². The van der Waals surface area contributed by atoms with E-state index >= 15 is 0 Å². The van der Waals surface area contributed by atoms with Crippen LogP contribution in [-0.4, -0.2) is 40.4 Å². The molecule has 8 heteroatoms. The standard InChI is InChI=1S/C14H20N2O5S/c1-5-9(12(17)20-6-2)22-11-10(13(18)21-7-3)8(4)15-14(19)16-11/h9H,5-7H2,1-4H3,(H,15,16,19)/t9-/m0/s1. The van der Waals surface area contributed by atoms with Crippen LogP contribution >= 0.6 is 11.8 Å². The normalized spacial score (nSPS) is 11.8. The summed E-state index contributed by atoms with van der Waals surface area (Å²) in [6.45, 7) is 7.28. The third-order valence-corrected chi connectivity index (χ3v) is 4.07. The molecule has 0 aliphatic carbocycles. The number of aromatic amines is 1. The molecule has 1 aromatic heterocycles. The van der Waals surface area contributed by atoms with Gasteiger partial charge in [-0.2, -0.15) is 4.98 Å². The van der Waals surface area contributed by atoms with E-state index in [1.165, 1.54) is 0 Å². The fraction of sp³-hybridized carbons (Fsp3) is 0.571. The van der Waals surface area contributed by atoms with Gasteiger partial charge in [0.15, 0.2) is 0 Å². The molecule has 7 nitrogen and oxygen atoms in total. The summed E-state index contributed by atoms with van der Waals surface area (Å²) in [7, 11) is 0. The Bertz CT molecular complexity index is 599. The van der Waals surface area contributed by atoms with Gasteiger partial charge >= 0.3 is 17.6 Å². The highest BCUT2D eigenvalue weighted by Gasteiger charge is 2.25. The summed E-state index contributed by atoms with van der Waals surface area (Å²) in [5.74, 6) is -0.977. The van der Waals surface area contributed by atoms with Crippen LogP contribution in [0.1, 0.15) is 43.2 Å². The molecule has 1 rings (SSSR count). The van der Waals surface area contributed by atoms with E-state index in [0.29, 0.717) is 12.1 Å². The molecule has 0 radical (unpaired) electrons. The zero-order chi connectivity index (χ0) is 16.7. The minimum Gasteiger partial charge on any atom is -0.465 e. The molecule has 22 heavy (non-hydrogen) atoms. The van der Waals surface area contributed by atoms with Gasteiger partial charge in [0.2, 0.25) is 0 Å². The van der Waals surface area contributed by atoms with E-state index in [2.05, 4.69) is 9.97 Å². The van der Waals surface area contributed by atoms with Gasteiger partial charge in [-0.05, 0) is 27.2 Å². The fourth-order valence-electron chi connectivity index (χ4n) is 1.76. The molecule has 1 heterocycles. The quantitative estimate of drug-likeness (QED) is 0.462. The Balaban J connectivity index is 3.19. The van der Waals surface area contributed by atoms with Crippen molar-refractivity contribution in [2.75, 3.05) is 13.2 Å². The molecular formula is C14H20N2O5S.